The molecule has 2 bridgehead atoms. The summed E-state index contributed by atoms with van der Waals surface area (Å²) in [5, 5.41) is 0. The molecule has 1 saturated heterocycles. The van der Waals surface area contributed by atoms with Crippen LogP contribution in [0.15, 0.2) is 18.2 Å². The van der Waals surface area contributed by atoms with Gasteiger partial charge in [0.2, 0.25) is 5.91 Å². The summed E-state index contributed by atoms with van der Waals surface area (Å²) in [6, 6.07) is 6.05. The molecule has 4 nitrogen and oxygen atoms in total. The van der Waals surface area contributed by atoms with Crippen LogP contribution in [-0.2, 0) is 11.2 Å². The maximum atomic E-state index is 13.0. The molecule has 1 aliphatic heterocycles. The van der Waals surface area contributed by atoms with Crippen LogP contribution in [0.1, 0.15) is 45.6 Å². The fourth-order valence-electron chi connectivity index (χ4n) is 5.01. The fraction of sp³-hybridized carbons (Fsp3) is 0.650. The van der Waals surface area contributed by atoms with Gasteiger partial charge in [0.15, 0.2) is 0 Å². The molecule has 0 aromatic heterocycles. The van der Waals surface area contributed by atoms with Crippen molar-refractivity contribution >= 4 is 5.91 Å². The van der Waals surface area contributed by atoms with Crippen LogP contribution in [0.2, 0.25) is 0 Å². The van der Waals surface area contributed by atoms with Gasteiger partial charge in [-0.25, -0.2) is 0 Å². The van der Waals surface area contributed by atoms with Crippen molar-refractivity contribution in [2.45, 2.75) is 52.5 Å². The van der Waals surface area contributed by atoms with E-state index in [9.17, 15) is 4.79 Å². The zero-order valence-electron chi connectivity index (χ0n) is 15.5. The molecule has 2 aliphatic rings. The first-order chi connectivity index (χ1) is 11.3. The van der Waals surface area contributed by atoms with Gasteiger partial charge in [-0.2, -0.15) is 0 Å². The number of nitrogens with zero attached hydrogens (tertiary/aromatic N) is 1. The molecule has 2 atom stereocenters. The first kappa shape index (κ1) is 17.1. The smallest absolute Gasteiger partial charge is 0.227 e. The van der Waals surface area contributed by atoms with Gasteiger partial charge in [-0.15, -0.1) is 0 Å². The first-order valence-corrected chi connectivity index (χ1v) is 8.76. The van der Waals surface area contributed by atoms with Crippen molar-refractivity contribution < 1.29 is 14.3 Å². The van der Waals surface area contributed by atoms with E-state index in [1.165, 1.54) is 6.42 Å². The van der Waals surface area contributed by atoms with Gasteiger partial charge in [0.25, 0.3) is 0 Å². The Labute approximate surface area is 145 Å². The average molecular weight is 331 g/mol. The SMILES string of the molecule is COc1ccc(CC(=O)N2CC3(C)CC2CC(C)(C)C3)c(OC)c1. The number of likely N-dealkylation sites (tertiary alicyclic amines) is 1. The van der Waals surface area contributed by atoms with Gasteiger partial charge < -0.3 is 14.4 Å². The van der Waals surface area contributed by atoms with E-state index in [4.69, 9.17) is 9.47 Å². The molecule has 1 aliphatic carbocycles. The lowest BCUT2D eigenvalue weighted by atomic mass is 9.65. The normalized spacial score (nSPS) is 27.9. The van der Waals surface area contributed by atoms with E-state index in [1.54, 1.807) is 14.2 Å². The van der Waals surface area contributed by atoms with Crippen LogP contribution in [0.5, 0.6) is 11.5 Å². The predicted octanol–water partition coefficient (Wildman–Crippen LogP) is 3.67. The largest absolute Gasteiger partial charge is 0.497 e. The summed E-state index contributed by atoms with van der Waals surface area (Å²) in [6.07, 6.45) is 3.84. The van der Waals surface area contributed by atoms with Crippen molar-refractivity contribution in [2.75, 3.05) is 20.8 Å². The molecule has 1 aromatic rings. The first-order valence-electron chi connectivity index (χ1n) is 8.76. The third kappa shape index (κ3) is 3.24. The highest BCUT2D eigenvalue weighted by atomic mass is 16.5. The highest BCUT2D eigenvalue weighted by Crippen LogP contribution is 2.52. The number of ether oxygens (including phenoxy) is 2. The molecule has 1 heterocycles. The van der Waals surface area contributed by atoms with Crippen molar-refractivity contribution in [3.05, 3.63) is 23.8 Å². The number of benzene rings is 1. The summed E-state index contributed by atoms with van der Waals surface area (Å²) in [5.41, 5.74) is 1.52. The van der Waals surface area contributed by atoms with E-state index in [-0.39, 0.29) is 11.3 Å². The molecule has 1 aromatic carbocycles. The number of carbonyl (C=O) groups excluding carboxylic acids is 1. The molecular weight excluding hydrogens is 302 g/mol. The zero-order valence-corrected chi connectivity index (χ0v) is 15.5. The fourth-order valence-corrected chi connectivity index (χ4v) is 5.01. The van der Waals surface area contributed by atoms with E-state index in [2.05, 4.69) is 25.7 Å². The molecule has 4 heteroatoms. The minimum Gasteiger partial charge on any atom is -0.497 e. The monoisotopic (exact) mass is 331 g/mol. The summed E-state index contributed by atoms with van der Waals surface area (Å²) >= 11 is 0. The Bertz CT molecular complexity index is 640. The number of carbonyl (C=O) groups is 1. The maximum absolute atomic E-state index is 13.0. The van der Waals surface area contributed by atoms with Gasteiger partial charge in [-0.3, -0.25) is 4.79 Å². The second kappa shape index (κ2) is 5.98. The number of fused-ring (bicyclic) bond motifs is 2. The summed E-state index contributed by atoms with van der Waals surface area (Å²) in [5.74, 6) is 1.68. The van der Waals surface area contributed by atoms with Crippen LogP contribution in [0.25, 0.3) is 0 Å². The van der Waals surface area contributed by atoms with Crippen LogP contribution in [0.4, 0.5) is 0 Å². The lowest BCUT2D eigenvalue weighted by molar-refractivity contribution is -0.131. The van der Waals surface area contributed by atoms with Gasteiger partial charge in [-0.05, 0) is 36.2 Å². The Morgan fingerprint density at radius 2 is 1.96 bits per heavy atom. The number of hydrogen-bond donors (Lipinski definition) is 0. The van der Waals surface area contributed by atoms with Crippen molar-refractivity contribution in [3.8, 4) is 11.5 Å². The van der Waals surface area contributed by atoms with Gasteiger partial charge in [0.1, 0.15) is 11.5 Å². The summed E-state index contributed by atoms with van der Waals surface area (Å²) < 4.78 is 10.7. The second-order valence-electron chi connectivity index (χ2n) is 8.59. The second-order valence-corrected chi connectivity index (χ2v) is 8.59. The average Bonchev–Trinajstić information content (AvgIpc) is 2.76. The highest BCUT2D eigenvalue weighted by molar-refractivity contribution is 5.80. The van der Waals surface area contributed by atoms with Crippen LogP contribution in [0.3, 0.4) is 0 Å². The van der Waals surface area contributed by atoms with Crippen molar-refractivity contribution in [2.24, 2.45) is 10.8 Å². The molecule has 0 spiro atoms. The van der Waals surface area contributed by atoms with Crippen LogP contribution in [0, 0.1) is 10.8 Å². The Morgan fingerprint density at radius 3 is 2.62 bits per heavy atom. The highest BCUT2D eigenvalue weighted by Gasteiger charge is 2.50. The standard InChI is InChI=1S/C20H29NO3/c1-19(2)10-15-11-20(3,12-19)13-21(15)18(22)8-14-6-7-16(23-4)9-17(14)24-5/h6-7,9,15H,8,10-13H2,1-5H3. The van der Waals surface area contributed by atoms with Crippen LogP contribution >= 0.6 is 0 Å². The molecule has 0 radical (unpaired) electrons. The lowest BCUT2D eigenvalue weighted by Gasteiger charge is -2.39. The summed E-state index contributed by atoms with van der Waals surface area (Å²) in [6.45, 7) is 7.89. The summed E-state index contributed by atoms with van der Waals surface area (Å²) in [4.78, 5) is 15.1. The third-order valence-electron chi connectivity index (χ3n) is 5.57. The molecule has 3 rings (SSSR count). The number of methoxy groups -OCH3 is 2. The molecule has 1 saturated carbocycles. The quantitative estimate of drug-likeness (QED) is 0.845. The van der Waals surface area contributed by atoms with Gasteiger partial charge >= 0.3 is 0 Å². The van der Waals surface area contributed by atoms with Crippen LogP contribution in [-0.4, -0.2) is 37.6 Å². The maximum Gasteiger partial charge on any atom is 0.227 e. The molecule has 1 amide bonds. The molecular formula is C20H29NO3. The van der Waals surface area contributed by atoms with Gasteiger partial charge in [-0.1, -0.05) is 26.8 Å². The summed E-state index contributed by atoms with van der Waals surface area (Å²) in [7, 11) is 3.27. The molecule has 24 heavy (non-hydrogen) atoms. The zero-order chi connectivity index (χ0) is 17.5. The Morgan fingerprint density at radius 1 is 1.21 bits per heavy atom. The van der Waals surface area contributed by atoms with Crippen molar-refractivity contribution in [3.63, 3.8) is 0 Å². The molecule has 0 N–H and O–H groups in total. The number of hydrogen-bond acceptors (Lipinski definition) is 3. The Kier molecular flexibility index (Phi) is 4.27. The van der Waals surface area contributed by atoms with Gasteiger partial charge in [0, 0.05) is 24.2 Å². The van der Waals surface area contributed by atoms with E-state index in [0.717, 1.165) is 36.4 Å². The number of rotatable bonds is 4. The van der Waals surface area contributed by atoms with Crippen molar-refractivity contribution in [1.82, 2.24) is 4.90 Å². The molecule has 2 fully saturated rings. The topological polar surface area (TPSA) is 38.8 Å². The van der Waals surface area contributed by atoms with Crippen molar-refractivity contribution in [1.29, 1.82) is 0 Å². The van der Waals surface area contributed by atoms with Crippen LogP contribution < -0.4 is 9.47 Å². The predicted molar refractivity (Wildman–Crippen MR) is 94.5 cm³/mol. The Balaban J connectivity index is 1.77. The van der Waals surface area contributed by atoms with E-state index >= 15 is 0 Å². The van der Waals surface area contributed by atoms with Gasteiger partial charge in [0.05, 0.1) is 20.6 Å². The number of amides is 1. The molecule has 132 valence electrons. The Hall–Kier alpha value is -1.71. The lowest BCUT2D eigenvalue weighted by Crippen LogP contribution is -2.38. The van der Waals surface area contributed by atoms with E-state index < -0.39 is 0 Å². The van der Waals surface area contributed by atoms with E-state index in [0.29, 0.717) is 17.9 Å². The molecule has 2 unspecified atom stereocenters. The van der Waals surface area contributed by atoms with E-state index in [1.807, 2.05) is 18.2 Å². The third-order valence-corrected chi connectivity index (χ3v) is 5.57. The minimum atomic E-state index is 0.213. The minimum absolute atomic E-state index is 0.213.